The molecular weight excluding hydrogens is 502 g/mol. The first kappa shape index (κ1) is 23.6. The summed E-state index contributed by atoms with van der Waals surface area (Å²) in [5.41, 5.74) is 7.31. The van der Waals surface area contributed by atoms with Gasteiger partial charge in [-0.25, -0.2) is 4.79 Å². The van der Waals surface area contributed by atoms with E-state index < -0.39 is 5.97 Å². The molecular formula is C28H21N5O4S. The van der Waals surface area contributed by atoms with Crippen LogP contribution in [0.1, 0.15) is 32.1 Å². The van der Waals surface area contributed by atoms with Crippen LogP contribution >= 0.6 is 11.3 Å². The molecule has 4 aromatic rings. The Hall–Kier alpha value is -4.83. The molecule has 0 bridgehead atoms. The van der Waals surface area contributed by atoms with Gasteiger partial charge in [-0.3, -0.25) is 9.59 Å². The van der Waals surface area contributed by atoms with Crippen molar-refractivity contribution >= 4 is 57.5 Å². The first-order chi connectivity index (χ1) is 18.5. The van der Waals surface area contributed by atoms with Crippen molar-refractivity contribution in [3.63, 3.8) is 0 Å². The van der Waals surface area contributed by atoms with Gasteiger partial charge >= 0.3 is 5.97 Å². The Morgan fingerprint density at radius 2 is 1.89 bits per heavy atom. The molecule has 0 unspecified atom stereocenters. The molecule has 0 fully saturated rings. The number of aromatic carboxylic acids is 1. The van der Waals surface area contributed by atoms with Crippen LogP contribution in [0.25, 0.3) is 11.3 Å². The minimum atomic E-state index is -1.06. The number of carboxylic acids is 1. The molecule has 0 atom stereocenters. The molecule has 0 aliphatic carbocycles. The monoisotopic (exact) mass is 523 g/mol. The Balaban J connectivity index is 1.35. The summed E-state index contributed by atoms with van der Waals surface area (Å²) in [6.07, 6.45) is 0.928. The fourth-order valence-corrected chi connectivity index (χ4v) is 5.34. The smallest absolute Gasteiger partial charge is 0.335 e. The number of carbonyl (C=O) groups excluding carboxylic acids is 2. The van der Waals surface area contributed by atoms with E-state index in [-0.39, 0.29) is 23.8 Å². The van der Waals surface area contributed by atoms with Crippen molar-refractivity contribution in [3.8, 4) is 0 Å². The topological polar surface area (TPSA) is 125 Å². The summed E-state index contributed by atoms with van der Waals surface area (Å²) in [7, 11) is 0. The maximum absolute atomic E-state index is 13.1. The number of amides is 2. The van der Waals surface area contributed by atoms with Crippen molar-refractivity contribution < 1.29 is 19.5 Å². The summed E-state index contributed by atoms with van der Waals surface area (Å²) in [6.45, 7) is 0.588. The van der Waals surface area contributed by atoms with Crippen LogP contribution < -0.4 is 15.5 Å². The predicted molar refractivity (Wildman–Crippen MR) is 145 cm³/mol. The lowest BCUT2D eigenvalue weighted by molar-refractivity contribution is -0.118. The minimum absolute atomic E-state index is 0.0201. The molecule has 0 saturated carbocycles. The maximum atomic E-state index is 13.1. The third-order valence-electron chi connectivity index (χ3n) is 6.58. The Morgan fingerprint density at radius 3 is 2.66 bits per heavy atom. The largest absolute Gasteiger partial charge is 0.478 e. The van der Waals surface area contributed by atoms with Crippen LogP contribution in [0.2, 0.25) is 0 Å². The first-order valence-corrected chi connectivity index (χ1v) is 12.8. The highest BCUT2D eigenvalue weighted by Crippen LogP contribution is 2.39. The molecule has 2 aliphatic rings. The highest BCUT2D eigenvalue weighted by atomic mass is 32.1. The average molecular weight is 524 g/mol. The molecule has 9 nitrogen and oxygen atoms in total. The van der Waals surface area contributed by atoms with Crippen LogP contribution in [0.5, 0.6) is 0 Å². The number of benzene rings is 3. The molecule has 1 aromatic heterocycles. The Bertz CT molecular complexity index is 1620. The highest BCUT2D eigenvalue weighted by molar-refractivity contribution is 7.09. The first-order valence-electron chi connectivity index (χ1n) is 11.9. The lowest BCUT2D eigenvalue weighted by Crippen LogP contribution is -2.30. The Labute approximate surface area is 221 Å². The zero-order chi connectivity index (χ0) is 26.2. The van der Waals surface area contributed by atoms with Gasteiger partial charge in [-0.1, -0.05) is 36.4 Å². The summed E-state index contributed by atoms with van der Waals surface area (Å²) in [5.74, 6) is -1.40. The van der Waals surface area contributed by atoms with E-state index in [1.807, 2.05) is 48.5 Å². The maximum Gasteiger partial charge on any atom is 0.335 e. The highest BCUT2D eigenvalue weighted by Gasteiger charge is 2.30. The van der Waals surface area contributed by atoms with Gasteiger partial charge in [-0.05, 0) is 47.9 Å². The van der Waals surface area contributed by atoms with E-state index in [2.05, 4.69) is 20.8 Å². The van der Waals surface area contributed by atoms with Crippen LogP contribution in [-0.4, -0.2) is 39.6 Å². The quantitative estimate of drug-likeness (QED) is 0.322. The minimum Gasteiger partial charge on any atom is -0.478 e. The zero-order valence-corrected chi connectivity index (χ0v) is 20.8. The van der Waals surface area contributed by atoms with Crippen LogP contribution in [0.15, 0.2) is 72.2 Å². The number of nitrogens with zero attached hydrogens (tertiary/aromatic N) is 3. The number of carboxylic acid groups (broad SMARTS) is 1. The van der Waals surface area contributed by atoms with Gasteiger partial charge in [0.25, 0.3) is 5.91 Å². The number of rotatable bonds is 6. The number of aromatic nitrogens is 2. The van der Waals surface area contributed by atoms with Gasteiger partial charge in [0.05, 0.1) is 28.9 Å². The van der Waals surface area contributed by atoms with Crippen molar-refractivity contribution in [2.24, 2.45) is 0 Å². The molecule has 2 aliphatic heterocycles. The van der Waals surface area contributed by atoms with E-state index in [0.29, 0.717) is 40.5 Å². The molecule has 3 aromatic carbocycles. The van der Waals surface area contributed by atoms with Crippen LogP contribution in [0, 0.1) is 0 Å². The van der Waals surface area contributed by atoms with Gasteiger partial charge in [0.1, 0.15) is 10.5 Å². The van der Waals surface area contributed by atoms with Crippen LogP contribution in [-0.2, 0) is 22.4 Å². The summed E-state index contributed by atoms with van der Waals surface area (Å²) >= 11 is 1.36. The van der Waals surface area contributed by atoms with E-state index in [0.717, 1.165) is 22.5 Å². The number of fused-ring (bicyclic) bond motifs is 2. The molecule has 3 N–H and O–H groups in total. The molecule has 188 valence electrons. The normalized spacial score (nSPS) is 15.1. The molecule has 0 radical (unpaired) electrons. The average Bonchev–Trinajstić information content (AvgIpc) is 3.65. The van der Waals surface area contributed by atoms with E-state index in [1.54, 1.807) is 16.5 Å². The third kappa shape index (κ3) is 4.31. The number of hydrogen-bond donors (Lipinski definition) is 3. The van der Waals surface area contributed by atoms with Crippen molar-refractivity contribution in [2.75, 3.05) is 22.1 Å². The summed E-state index contributed by atoms with van der Waals surface area (Å²) < 4.78 is 0. The van der Waals surface area contributed by atoms with Crippen LogP contribution in [0.4, 0.5) is 17.1 Å². The third-order valence-corrected chi connectivity index (χ3v) is 7.27. The van der Waals surface area contributed by atoms with Crippen molar-refractivity contribution in [2.45, 2.75) is 12.8 Å². The number of nitrogens with one attached hydrogen (secondary N) is 2. The molecule has 0 saturated heterocycles. The second-order valence-electron chi connectivity index (χ2n) is 8.91. The van der Waals surface area contributed by atoms with Gasteiger partial charge in [0.15, 0.2) is 0 Å². The number of carbonyl (C=O) groups is 3. The molecule has 10 heteroatoms. The standard InChI is InChI=1S/C28H21N5O4S/c34-24(14-23-32-29-15-38-23)33-11-10-17-12-19(7-9-22(17)33)30-26(16-4-2-1-3-5-16)25-20-8-6-18(28(36)37)13-21(20)31-27(25)35/h1-9,12-13,15,30H,10-11,14H2,(H,31,35)(H,36,37)/b26-25-. The molecule has 38 heavy (non-hydrogen) atoms. The van der Waals surface area contributed by atoms with Crippen molar-refractivity contribution in [3.05, 3.63) is 99.5 Å². The second kappa shape index (κ2) is 9.56. The SMILES string of the molecule is O=C1Nc2cc(C(=O)O)ccc2/C1=C(/Nc1ccc2c(c1)CCN2C(=O)Cc1nncs1)c1ccccc1. The zero-order valence-electron chi connectivity index (χ0n) is 20.0. The van der Waals surface area contributed by atoms with Crippen LogP contribution in [0.3, 0.4) is 0 Å². The van der Waals surface area contributed by atoms with Gasteiger partial charge in [0.2, 0.25) is 5.91 Å². The fourth-order valence-electron chi connectivity index (χ4n) is 4.82. The Kier molecular flexibility index (Phi) is 5.93. The van der Waals surface area contributed by atoms with Gasteiger partial charge in [0, 0.05) is 23.5 Å². The summed E-state index contributed by atoms with van der Waals surface area (Å²) in [5, 5.41) is 24.1. The van der Waals surface area contributed by atoms with Crippen molar-refractivity contribution in [1.82, 2.24) is 10.2 Å². The summed E-state index contributed by atoms with van der Waals surface area (Å²) in [6, 6.07) is 19.9. The molecule has 0 spiro atoms. The van der Waals surface area contributed by atoms with E-state index in [4.69, 9.17) is 0 Å². The fraction of sp³-hybridized carbons (Fsp3) is 0.107. The van der Waals surface area contributed by atoms with E-state index in [1.165, 1.54) is 23.5 Å². The van der Waals surface area contributed by atoms with Gasteiger partial charge in [-0.2, -0.15) is 0 Å². The Morgan fingerprint density at radius 1 is 1.05 bits per heavy atom. The van der Waals surface area contributed by atoms with Gasteiger partial charge < -0.3 is 20.6 Å². The molecule has 6 rings (SSSR count). The molecule has 2 amide bonds. The lowest BCUT2D eigenvalue weighted by atomic mass is 9.99. The predicted octanol–water partition coefficient (Wildman–Crippen LogP) is 4.30. The second-order valence-corrected chi connectivity index (χ2v) is 9.83. The molecule has 3 heterocycles. The van der Waals surface area contributed by atoms with Crippen molar-refractivity contribution in [1.29, 1.82) is 0 Å². The van der Waals surface area contributed by atoms with E-state index in [9.17, 15) is 19.5 Å². The van der Waals surface area contributed by atoms with Gasteiger partial charge in [-0.15, -0.1) is 21.5 Å². The summed E-state index contributed by atoms with van der Waals surface area (Å²) in [4.78, 5) is 39.2. The number of anilines is 3. The number of hydrogen-bond acceptors (Lipinski definition) is 7. The lowest BCUT2D eigenvalue weighted by Gasteiger charge is -2.18. The van der Waals surface area contributed by atoms with E-state index >= 15 is 0 Å².